The van der Waals surface area contributed by atoms with Gasteiger partial charge < -0.3 is 10.0 Å². The van der Waals surface area contributed by atoms with E-state index in [4.69, 9.17) is 5.11 Å². The molecule has 6 rings (SSSR count). The first-order valence-electron chi connectivity index (χ1n) is 13.4. The lowest BCUT2D eigenvalue weighted by Gasteiger charge is -2.44. The molecule has 0 saturated heterocycles. The molecular weight excluding hydrogens is 470 g/mol. The highest BCUT2D eigenvalue weighted by Gasteiger charge is 2.34. The zero-order chi connectivity index (χ0) is 26.2. The molecule has 2 heterocycles. The maximum Gasteiger partial charge on any atom is 0.328 e. The van der Waals surface area contributed by atoms with Gasteiger partial charge in [-0.05, 0) is 90.1 Å². The smallest absolute Gasteiger partial charge is 0.328 e. The fraction of sp³-hybridized carbons (Fsp3) is 0.273. The van der Waals surface area contributed by atoms with Crippen LogP contribution in [-0.4, -0.2) is 26.9 Å². The van der Waals surface area contributed by atoms with Crippen molar-refractivity contribution in [2.75, 3.05) is 4.90 Å². The monoisotopic (exact) mass is 503 g/mol. The highest BCUT2D eigenvalue weighted by molar-refractivity contribution is 5.85. The number of carboxylic acid groups (broad SMARTS) is 1. The van der Waals surface area contributed by atoms with E-state index in [2.05, 4.69) is 77.7 Å². The molecule has 0 radical (unpaired) electrons. The van der Waals surface area contributed by atoms with Gasteiger partial charge in [-0.2, -0.15) is 5.10 Å². The Morgan fingerprint density at radius 1 is 1.03 bits per heavy atom. The van der Waals surface area contributed by atoms with Crippen LogP contribution in [0, 0.1) is 5.92 Å². The van der Waals surface area contributed by atoms with Gasteiger partial charge in [-0.15, -0.1) is 0 Å². The van der Waals surface area contributed by atoms with E-state index < -0.39 is 5.97 Å². The second kappa shape index (κ2) is 9.97. The third-order valence-corrected chi connectivity index (χ3v) is 7.87. The molecule has 5 nitrogen and oxygen atoms in total. The third-order valence-electron chi connectivity index (χ3n) is 7.87. The molecule has 0 unspecified atom stereocenters. The molecule has 1 aromatic heterocycles. The van der Waals surface area contributed by atoms with Crippen molar-refractivity contribution >= 4 is 17.7 Å². The van der Waals surface area contributed by atoms with E-state index in [9.17, 15) is 4.79 Å². The molecule has 38 heavy (non-hydrogen) atoms. The van der Waals surface area contributed by atoms with Crippen molar-refractivity contribution in [1.82, 2.24) is 9.78 Å². The van der Waals surface area contributed by atoms with Crippen molar-refractivity contribution in [3.63, 3.8) is 0 Å². The summed E-state index contributed by atoms with van der Waals surface area (Å²) in [5, 5.41) is 13.4. The van der Waals surface area contributed by atoms with Gasteiger partial charge in [0.25, 0.3) is 0 Å². The normalized spacial score (nSPS) is 19.1. The second-order valence-corrected chi connectivity index (χ2v) is 10.8. The van der Waals surface area contributed by atoms with Crippen LogP contribution in [0.4, 0.5) is 5.69 Å². The summed E-state index contributed by atoms with van der Waals surface area (Å²) in [6.07, 6.45) is 11.7. The number of nitrogens with zero attached hydrogens (tertiary/aromatic N) is 3. The highest BCUT2D eigenvalue weighted by atomic mass is 16.4. The van der Waals surface area contributed by atoms with Crippen LogP contribution in [0.3, 0.4) is 0 Å². The van der Waals surface area contributed by atoms with E-state index in [0.717, 1.165) is 23.5 Å². The first-order valence-corrected chi connectivity index (χ1v) is 13.4. The highest BCUT2D eigenvalue weighted by Crippen LogP contribution is 2.42. The van der Waals surface area contributed by atoms with Crippen molar-refractivity contribution in [2.45, 2.75) is 44.7 Å². The van der Waals surface area contributed by atoms with Gasteiger partial charge in [-0.1, -0.05) is 54.6 Å². The van der Waals surface area contributed by atoms with E-state index >= 15 is 0 Å². The predicted octanol–water partition coefficient (Wildman–Crippen LogP) is 6.68. The Kier molecular flexibility index (Phi) is 6.36. The quantitative estimate of drug-likeness (QED) is 0.286. The number of hydrogen-bond donors (Lipinski definition) is 1. The fourth-order valence-electron chi connectivity index (χ4n) is 5.78. The number of fused-ring (bicyclic) bond motifs is 1. The predicted molar refractivity (Wildman–Crippen MR) is 152 cm³/mol. The van der Waals surface area contributed by atoms with Gasteiger partial charge in [0.15, 0.2) is 0 Å². The molecule has 1 aliphatic carbocycles. The number of carbonyl (C=O) groups is 1. The standard InChI is InChI=1S/C33H33N3O2/c1-22-17-28-19-27(29-20-34-35(2)21-29)12-15-31(28)33(26-10-5-23(6-11-26)9-16-32(37)38)36(22)30-13-7-25(8-14-30)18-24-3-4-24/h5-16,19-22,24,33H,3-4,17-18H2,1-2H3,(H,37,38)/b16-9+/t22-,33-/m1/s1. The van der Waals surface area contributed by atoms with Crippen molar-refractivity contribution in [3.05, 3.63) is 113 Å². The molecule has 192 valence electrons. The molecule has 0 spiro atoms. The van der Waals surface area contributed by atoms with Crippen LogP contribution in [-0.2, 0) is 24.7 Å². The van der Waals surface area contributed by atoms with Crippen LogP contribution in [0.25, 0.3) is 17.2 Å². The van der Waals surface area contributed by atoms with Gasteiger partial charge in [0.2, 0.25) is 0 Å². The average Bonchev–Trinajstić information content (AvgIpc) is 3.63. The molecule has 5 heteroatoms. The maximum absolute atomic E-state index is 11.0. The zero-order valence-corrected chi connectivity index (χ0v) is 21.9. The van der Waals surface area contributed by atoms with Crippen LogP contribution in [0.2, 0.25) is 0 Å². The summed E-state index contributed by atoms with van der Waals surface area (Å²) in [5.41, 5.74) is 9.72. The van der Waals surface area contributed by atoms with Crippen LogP contribution >= 0.6 is 0 Å². The van der Waals surface area contributed by atoms with Gasteiger partial charge in [0.1, 0.15) is 0 Å². The number of rotatable bonds is 7. The van der Waals surface area contributed by atoms with Crippen LogP contribution in [0.5, 0.6) is 0 Å². The summed E-state index contributed by atoms with van der Waals surface area (Å²) in [4.78, 5) is 13.5. The molecule has 0 bridgehead atoms. The fourth-order valence-corrected chi connectivity index (χ4v) is 5.78. The lowest BCUT2D eigenvalue weighted by molar-refractivity contribution is -0.131. The molecule has 1 saturated carbocycles. The molecule has 4 aromatic rings. The van der Waals surface area contributed by atoms with Gasteiger partial charge in [-0.25, -0.2) is 4.79 Å². The van der Waals surface area contributed by atoms with Gasteiger partial charge >= 0.3 is 5.97 Å². The van der Waals surface area contributed by atoms with Gasteiger partial charge in [-0.3, -0.25) is 4.68 Å². The largest absolute Gasteiger partial charge is 0.478 e. The molecule has 1 aliphatic heterocycles. The third kappa shape index (κ3) is 5.01. The summed E-state index contributed by atoms with van der Waals surface area (Å²) in [5.74, 6) is -0.0677. The molecule has 2 atom stereocenters. The summed E-state index contributed by atoms with van der Waals surface area (Å²) in [7, 11) is 1.95. The molecular formula is C33H33N3O2. The summed E-state index contributed by atoms with van der Waals surface area (Å²) in [6.45, 7) is 2.31. The lowest BCUT2D eigenvalue weighted by atomic mass is 9.83. The average molecular weight is 504 g/mol. The van der Waals surface area contributed by atoms with Crippen molar-refractivity contribution in [2.24, 2.45) is 13.0 Å². The Morgan fingerprint density at radius 2 is 1.79 bits per heavy atom. The lowest BCUT2D eigenvalue weighted by Crippen LogP contribution is -2.42. The van der Waals surface area contributed by atoms with Gasteiger partial charge in [0.05, 0.1) is 12.2 Å². The molecule has 1 N–H and O–H groups in total. The number of aliphatic carboxylic acids is 1. The number of hydrogen-bond acceptors (Lipinski definition) is 3. The minimum absolute atomic E-state index is 0.0588. The number of aromatic nitrogens is 2. The van der Waals surface area contributed by atoms with Crippen LogP contribution < -0.4 is 4.90 Å². The summed E-state index contributed by atoms with van der Waals surface area (Å²) < 4.78 is 1.84. The summed E-state index contributed by atoms with van der Waals surface area (Å²) in [6, 6.07) is 24.7. The van der Waals surface area contributed by atoms with Crippen molar-refractivity contribution in [3.8, 4) is 11.1 Å². The van der Waals surface area contributed by atoms with E-state index in [-0.39, 0.29) is 6.04 Å². The number of benzene rings is 3. The first kappa shape index (κ1) is 24.2. The summed E-state index contributed by atoms with van der Waals surface area (Å²) >= 11 is 0. The van der Waals surface area contributed by atoms with Gasteiger partial charge in [0, 0.05) is 36.6 Å². The number of carboxylic acids is 1. The zero-order valence-electron chi connectivity index (χ0n) is 21.9. The van der Waals surface area contributed by atoms with Crippen LogP contribution in [0.1, 0.15) is 53.6 Å². The van der Waals surface area contributed by atoms with E-state index in [1.165, 1.54) is 58.8 Å². The van der Waals surface area contributed by atoms with Crippen molar-refractivity contribution < 1.29 is 9.90 Å². The molecule has 3 aromatic carbocycles. The Hall–Kier alpha value is -4.12. The minimum Gasteiger partial charge on any atom is -0.478 e. The Labute approximate surface area is 224 Å². The second-order valence-electron chi connectivity index (χ2n) is 10.8. The van der Waals surface area contributed by atoms with E-state index in [0.29, 0.717) is 6.04 Å². The van der Waals surface area contributed by atoms with Crippen molar-refractivity contribution in [1.29, 1.82) is 0 Å². The Morgan fingerprint density at radius 3 is 2.45 bits per heavy atom. The Balaban J connectivity index is 1.40. The van der Waals surface area contributed by atoms with E-state index in [1.807, 2.05) is 30.1 Å². The SMILES string of the molecule is C[C@@H]1Cc2cc(-c3cnn(C)c3)ccc2[C@@H](c2ccc(/C=C/C(=O)O)cc2)N1c1ccc(CC2CC2)cc1. The molecule has 1 fully saturated rings. The number of aryl methyl sites for hydroxylation is 1. The minimum atomic E-state index is -0.940. The maximum atomic E-state index is 11.0. The molecule has 2 aliphatic rings. The Bertz CT molecular complexity index is 1480. The van der Waals surface area contributed by atoms with E-state index in [1.54, 1.807) is 6.08 Å². The van der Waals surface area contributed by atoms with Crippen LogP contribution in [0.15, 0.2) is 85.2 Å². The first-order chi connectivity index (χ1) is 18.4. The number of anilines is 1. The molecule has 0 amide bonds. The topological polar surface area (TPSA) is 58.4 Å².